The molecule has 0 spiro atoms. The lowest BCUT2D eigenvalue weighted by molar-refractivity contribution is -0.127. The van der Waals surface area contributed by atoms with Crippen LogP contribution in [0.25, 0.3) is 0 Å². The number of carbonyl (C=O) groups is 2. The highest BCUT2D eigenvalue weighted by Gasteiger charge is 2.13. The van der Waals surface area contributed by atoms with Crippen LogP contribution in [0.2, 0.25) is 0 Å². The van der Waals surface area contributed by atoms with Gasteiger partial charge in [0, 0.05) is 31.1 Å². The second kappa shape index (κ2) is 10.0. The Hall–Kier alpha value is -2.09. The lowest BCUT2D eigenvalue weighted by Gasteiger charge is -2.20. The quantitative estimate of drug-likeness (QED) is 0.492. The van der Waals surface area contributed by atoms with E-state index in [1.807, 2.05) is 32.2 Å². The zero-order chi connectivity index (χ0) is 18.9. The van der Waals surface area contributed by atoms with Crippen molar-refractivity contribution in [2.45, 2.75) is 32.7 Å². The predicted octanol–water partition coefficient (Wildman–Crippen LogP) is 0.829. The van der Waals surface area contributed by atoms with Gasteiger partial charge in [-0.3, -0.25) is 9.59 Å². The Morgan fingerprint density at radius 2 is 1.96 bits per heavy atom. The van der Waals surface area contributed by atoms with E-state index in [1.165, 1.54) is 9.78 Å². The van der Waals surface area contributed by atoms with E-state index in [9.17, 15) is 9.59 Å². The standard InChI is InChI=1S/C17H29N5O2S/c1-17(2,3)21-14(23)11-19-16(20-12-15(24)22(4)5)18-9-8-13-7-6-10-25-13/h6-7,10H,8-9,11-12H2,1-5H3,(H,21,23)(H2,18,19,20). The second-order valence-electron chi connectivity index (χ2n) is 6.86. The molecule has 7 nitrogen and oxygen atoms in total. The van der Waals surface area contributed by atoms with Crippen molar-refractivity contribution in [3.05, 3.63) is 22.4 Å². The highest BCUT2D eigenvalue weighted by molar-refractivity contribution is 7.09. The zero-order valence-corrected chi connectivity index (χ0v) is 16.5. The van der Waals surface area contributed by atoms with E-state index in [-0.39, 0.29) is 30.4 Å². The molecule has 0 fully saturated rings. The molecule has 0 aliphatic heterocycles. The van der Waals surface area contributed by atoms with Gasteiger partial charge in [-0.05, 0) is 38.6 Å². The molecule has 1 aromatic heterocycles. The Kier molecular flexibility index (Phi) is 8.40. The number of rotatable bonds is 7. The van der Waals surface area contributed by atoms with Crippen molar-refractivity contribution in [1.82, 2.24) is 20.9 Å². The molecular weight excluding hydrogens is 338 g/mol. The van der Waals surface area contributed by atoms with Crippen LogP contribution in [0.3, 0.4) is 0 Å². The summed E-state index contributed by atoms with van der Waals surface area (Å²) < 4.78 is 0. The summed E-state index contributed by atoms with van der Waals surface area (Å²) in [6, 6.07) is 4.09. The Morgan fingerprint density at radius 3 is 2.52 bits per heavy atom. The molecule has 25 heavy (non-hydrogen) atoms. The Bertz CT molecular complexity index is 576. The molecule has 0 bridgehead atoms. The fraction of sp³-hybridized carbons (Fsp3) is 0.588. The first-order valence-electron chi connectivity index (χ1n) is 8.23. The van der Waals surface area contributed by atoms with E-state index in [2.05, 4.69) is 27.0 Å². The first-order valence-corrected chi connectivity index (χ1v) is 9.11. The van der Waals surface area contributed by atoms with Crippen molar-refractivity contribution in [2.24, 2.45) is 4.99 Å². The number of hydrogen-bond donors (Lipinski definition) is 3. The van der Waals surface area contributed by atoms with Gasteiger partial charge in [-0.2, -0.15) is 0 Å². The summed E-state index contributed by atoms with van der Waals surface area (Å²) in [4.78, 5) is 30.7. The van der Waals surface area contributed by atoms with E-state index in [1.54, 1.807) is 25.4 Å². The molecule has 0 aliphatic rings. The van der Waals surface area contributed by atoms with Crippen LogP contribution in [0.5, 0.6) is 0 Å². The zero-order valence-electron chi connectivity index (χ0n) is 15.7. The van der Waals surface area contributed by atoms with Crippen LogP contribution in [-0.4, -0.2) is 61.9 Å². The molecule has 0 saturated heterocycles. The van der Waals surface area contributed by atoms with E-state index in [4.69, 9.17) is 0 Å². The van der Waals surface area contributed by atoms with E-state index in [0.29, 0.717) is 12.5 Å². The number of amides is 2. The third-order valence-electron chi connectivity index (χ3n) is 3.05. The molecule has 0 aliphatic carbocycles. The Balaban J connectivity index is 2.57. The summed E-state index contributed by atoms with van der Waals surface area (Å²) in [5.41, 5.74) is -0.298. The summed E-state index contributed by atoms with van der Waals surface area (Å²) in [6.07, 6.45) is 0.855. The smallest absolute Gasteiger partial charge is 0.242 e. The number of likely N-dealkylation sites (N-methyl/N-ethyl adjacent to an activating group) is 1. The summed E-state index contributed by atoms with van der Waals surface area (Å²) in [6.45, 7) is 6.55. The van der Waals surface area contributed by atoms with Crippen LogP contribution >= 0.6 is 11.3 Å². The van der Waals surface area contributed by atoms with Crippen molar-refractivity contribution in [1.29, 1.82) is 0 Å². The van der Waals surface area contributed by atoms with E-state index < -0.39 is 0 Å². The van der Waals surface area contributed by atoms with Gasteiger partial charge in [0.25, 0.3) is 0 Å². The SMILES string of the molecule is CN(C)C(=O)CNC(=NCC(=O)NC(C)(C)C)NCCc1cccs1. The maximum absolute atomic E-state index is 11.9. The van der Waals surface area contributed by atoms with Crippen LogP contribution in [0.15, 0.2) is 22.5 Å². The van der Waals surface area contributed by atoms with Gasteiger partial charge in [0.05, 0.1) is 6.54 Å². The average Bonchev–Trinajstić information content (AvgIpc) is 3.00. The normalized spacial score (nSPS) is 11.8. The minimum atomic E-state index is -0.298. The van der Waals surface area contributed by atoms with Gasteiger partial charge in [0.2, 0.25) is 11.8 Å². The van der Waals surface area contributed by atoms with Crippen molar-refractivity contribution < 1.29 is 9.59 Å². The van der Waals surface area contributed by atoms with E-state index in [0.717, 1.165) is 6.42 Å². The number of nitrogens with zero attached hydrogens (tertiary/aromatic N) is 2. The predicted molar refractivity (Wildman–Crippen MR) is 103 cm³/mol. The first-order chi connectivity index (χ1) is 11.7. The fourth-order valence-electron chi connectivity index (χ4n) is 1.86. The molecule has 1 heterocycles. The van der Waals surface area contributed by atoms with E-state index >= 15 is 0 Å². The van der Waals surface area contributed by atoms with Gasteiger partial charge < -0.3 is 20.9 Å². The molecule has 0 unspecified atom stereocenters. The van der Waals surface area contributed by atoms with Crippen LogP contribution in [0.4, 0.5) is 0 Å². The molecule has 140 valence electrons. The van der Waals surface area contributed by atoms with Crippen molar-refractivity contribution >= 4 is 29.1 Å². The molecule has 1 aromatic rings. The third kappa shape index (κ3) is 9.71. The van der Waals surface area contributed by atoms with Gasteiger partial charge >= 0.3 is 0 Å². The van der Waals surface area contributed by atoms with Crippen LogP contribution in [-0.2, 0) is 16.0 Å². The van der Waals surface area contributed by atoms with Crippen molar-refractivity contribution in [3.8, 4) is 0 Å². The minimum Gasteiger partial charge on any atom is -0.356 e. The lowest BCUT2D eigenvalue weighted by Crippen LogP contribution is -2.45. The second-order valence-corrected chi connectivity index (χ2v) is 7.89. The highest BCUT2D eigenvalue weighted by Crippen LogP contribution is 2.07. The number of hydrogen-bond acceptors (Lipinski definition) is 4. The summed E-state index contributed by atoms with van der Waals surface area (Å²) in [5, 5.41) is 11.0. The van der Waals surface area contributed by atoms with Gasteiger partial charge in [0.15, 0.2) is 5.96 Å². The third-order valence-corrected chi connectivity index (χ3v) is 3.98. The largest absolute Gasteiger partial charge is 0.356 e. The number of thiophene rings is 1. The fourth-order valence-corrected chi connectivity index (χ4v) is 2.57. The number of guanidine groups is 1. The van der Waals surface area contributed by atoms with Crippen LogP contribution in [0.1, 0.15) is 25.6 Å². The molecule has 0 saturated carbocycles. The number of carbonyl (C=O) groups excluding carboxylic acids is 2. The molecule has 1 rings (SSSR count). The molecule has 0 aromatic carbocycles. The highest BCUT2D eigenvalue weighted by atomic mass is 32.1. The summed E-state index contributed by atoms with van der Waals surface area (Å²) in [5.74, 6) is 0.230. The topological polar surface area (TPSA) is 85.8 Å². The Morgan fingerprint density at radius 1 is 1.24 bits per heavy atom. The molecule has 0 atom stereocenters. The van der Waals surface area contributed by atoms with Gasteiger partial charge in [-0.15, -0.1) is 11.3 Å². The Labute approximate surface area is 153 Å². The maximum Gasteiger partial charge on any atom is 0.242 e. The monoisotopic (exact) mass is 367 g/mol. The molecule has 2 amide bonds. The minimum absolute atomic E-state index is 0.00175. The van der Waals surface area contributed by atoms with Gasteiger partial charge in [0.1, 0.15) is 6.54 Å². The number of nitrogens with one attached hydrogen (secondary N) is 3. The first kappa shape index (κ1) is 21.0. The van der Waals surface area contributed by atoms with Crippen LogP contribution in [0, 0.1) is 0 Å². The number of aliphatic imine (C=N–C) groups is 1. The molecule has 0 radical (unpaired) electrons. The van der Waals surface area contributed by atoms with Gasteiger partial charge in [-0.1, -0.05) is 6.07 Å². The molecular formula is C17H29N5O2S. The maximum atomic E-state index is 11.9. The molecule has 3 N–H and O–H groups in total. The lowest BCUT2D eigenvalue weighted by atomic mass is 10.1. The summed E-state index contributed by atoms with van der Waals surface area (Å²) >= 11 is 1.70. The van der Waals surface area contributed by atoms with Gasteiger partial charge in [-0.25, -0.2) is 4.99 Å². The average molecular weight is 368 g/mol. The summed E-state index contributed by atoms with van der Waals surface area (Å²) in [7, 11) is 3.39. The van der Waals surface area contributed by atoms with Crippen LogP contribution < -0.4 is 16.0 Å². The van der Waals surface area contributed by atoms with Crippen molar-refractivity contribution in [2.75, 3.05) is 33.7 Å². The molecule has 8 heteroatoms. The van der Waals surface area contributed by atoms with Crippen molar-refractivity contribution in [3.63, 3.8) is 0 Å².